The Kier molecular flexibility index (Phi) is 6.08. The van der Waals surface area contributed by atoms with Gasteiger partial charge in [0.2, 0.25) is 0 Å². The Bertz CT molecular complexity index is 517. The highest BCUT2D eigenvalue weighted by atomic mass is 32.1. The number of hydrogen-bond donors (Lipinski definition) is 1. The first kappa shape index (κ1) is 15.9. The van der Waals surface area contributed by atoms with Crippen molar-refractivity contribution in [3.05, 3.63) is 46.2 Å². The van der Waals surface area contributed by atoms with E-state index < -0.39 is 0 Å². The lowest BCUT2D eigenvalue weighted by atomic mass is 9.98. The molecule has 1 atom stereocenters. The normalized spacial score (nSPS) is 12.1. The summed E-state index contributed by atoms with van der Waals surface area (Å²) >= 11 is 1.82. The molecule has 0 aliphatic heterocycles. The van der Waals surface area contributed by atoms with Gasteiger partial charge in [-0.2, -0.15) is 0 Å². The van der Waals surface area contributed by atoms with E-state index in [1.807, 2.05) is 36.6 Å². The minimum atomic E-state index is 0.232. The molecular weight excluding hydrogens is 282 g/mol. The number of rotatable bonds is 8. The molecule has 1 heterocycles. The molecule has 21 heavy (non-hydrogen) atoms. The van der Waals surface area contributed by atoms with Crippen LogP contribution < -0.4 is 14.8 Å². The minimum absolute atomic E-state index is 0.232. The lowest BCUT2D eigenvalue weighted by Crippen LogP contribution is -2.18. The average Bonchev–Trinajstić information content (AvgIpc) is 3.04. The monoisotopic (exact) mass is 305 g/mol. The van der Waals surface area contributed by atoms with Crippen LogP contribution in [0.3, 0.4) is 0 Å². The summed E-state index contributed by atoms with van der Waals surface area (Å²) in [6, 6.07) is 10.5. The van der Waals surface area contributed by atoms with E-state index in [1.165, 1.54) is 4.88 Å². The van der Waals surface area contributed by atoms with Gasteiger partial charge >= 0.3 is 0 Å². The van der Waals surface area contributed by atoms with Crippen LogP contribution in [0.1, 0.15) is 29.3 Å². The molecule has 0 bridgehead atoms. The van der Waals surface area contributed by atoms with Crippen LogP contribution in [0, 0.1) is 0 Å². The number of aryl methyl sites for hydroxylation is 1. The molecule has 0 fully saturated rings. The number of thiophene rings is 1. The van der Waals surface area contributed by atoms with Gasteiger partial charge in [-0.05, 0) is 49.9 Å². The molecule has 0 aliphatic rings. The summed E-state index contributed by atoms with van der Waals surface area (Å²) in [6.07, 6.45) is 3.30. The third-order valence-electron chi connectivity index (χ3n) is 3.66. The SMILES string of the molecule is CNC(CCCc1cccs1)c1c(OC)cccc1OC. The third-order valence-corrected chi connectivity index (χ3v) is 4.60. The average molecular weight is 305 g/mol. The molecule has 2 aromatic rings. The van der Waals surface area contributed by atoms with Crippen molar-refractivity contribution in [2.45, 2.75) is 25.3 Å². The number of ether oxygens (including phenoxy) is 2. The van der Waals surface area contributed by atoms with Crippen molar-refractivity contribution in [1.29, 1.82) is 0 Å². The number of hydrogen-bond acceptors (Lipinski definition) is 4. The van der Waals surface area contributed by atoms with Gasteiger partial charge in [0.05, 0.1) is 19.8 Å². The van der Waals surface area contributed by atoms with Crippen LogP contribution in [-0.4, -0.2) is 21.3 Å². The lowest BCUT2D eigenvalue weighted by molar-refractivity contribution is 0.368. The Labute approximate surface area is 130 Å². The zero-order valence-corrected chi connectivity index (χ0v) is 13.7. The van der Waals surface area contributed by atoms with E-state index in [9.17, 15) is 0 Å². The van der Waals surface area contributed by atoms with Crippen molar-refractivity contribution >= 4 is 11.3 Å². The van der Waals surface area contributed by atoms with Gasteiger partial charge in [-0.1, -0.05) is 12.1 Å². The predicted molar refractivity (Wildman–Crippen MR) is 88.6 cm³/mol. The highest BCUT2D eigenvalue weighted by Crippen LogP contribution is 2.36. The van der Waals surface area contributed by atoms with E-state index in [4.69, 9.17) is 9.47 Å². The number of nitrogens with one attached hydrogen (secondary N) is 1. The van der Waals surface area contributed by atoms with Crippen molar-refractivity contribution in [2.24, 2.45) is 0 Å². The van der Waals surface area contributed by atoms with Crippen LogP contribution in [0.2, 0.25) is 0 Å². The molecule has 0 amide bonds. The highest BCUT2D eigenvalue weighted by molar-refractivity contribution is 7.09. The van der Waals surface area contributed by atoms with Crippen LogP contribution in [-0.2, 0) is 6.42 Å². The molecule has 114 valence electrons. The first-order valence-corrected chi connectivity index (χ1v) is 8.08. The first-order chi connectivity index (χ1) is 10.3. The van der Waals surface area contributed by atoms with Gasteiger partial charge in [-0.3, -0.25) is 0 Å². The van der Waals surface area contributed by atoms with Crippen molar-refractivity contribution in [1.82, 2.24) is 5.32 Å². The molecular formula is C17H23NO2S. The van der Waals surface area contributed by atoms with Crippen molar-refractivity contribution in [3.63, 3.8) is 0 Å². The maximum absolute atomic E-state index is 5.50. The summed E-state index contributed by atoms with van der Waals surface area (Å²) in [5.74, 6) is 1.76. The second-order valence-electron chi connectivity index (χ2n) is 4.89. The lowest BCUT2D eigenvalue weighted by Gasteiger charge is -2.21. The summed E-state index contributed by atoms with van der Waals surface area (Å²) in [5.41, 5.74) is 1.11. The molecule has 4 heteroatoms. The standard InChI is InChI=1S/C17H23NO2S/c1-18-14(9-4-7-13-8-6-12-21-13)17-15(19-2)10-5-11-16(17)20-3/h5-6,8,10-12,14,18H,4,7,9H2,1-3H3. The fraction of sp³-hybridized carbons (Fsp3) is 0.412. The van der Waals surface area contributed by atoms with Crippen LogP contribution in [0.15, 0.2) is 35.7 Å². The molecule has 2 rings (SSSR count). The Balaban J connectivity index is 2.09. The van der Waals surface area contributed by atoms with Crippen LogP contribution >= 0.6 is 11.3 Å². The molecule has 1 N–H and O–H groups in total. The fourth-order valence-electron chi connectivity index (χ4n) is 2.59. The maximum atomic E-state index is 5.50. The van der Waals surface area contributed by atoms with Gasteiger partial charge in [-0.15, -0.1) is 11.3 Å². The molecule has 0 saturated carbocycles. The summed E-state index contributed by atoms with van der Waals surface area (Å²) in [7, 11) is 5.40. The third kappa shape index (κ3) is 3.99. The summed E-state index contributed by atoms with van der Waals surface area (Å²) in [6.45, 7) is 0. The molecule has 0 spiro atoms. The smallest absolute Gasteiger partial charge is 0.127 e. The van der Waals surface area contributed by atoms with E-state index in [0.717, 1.165) is 36.3 Å². The first-order valence-electron chi connectivity index (χ1n) is 7.20. The zero-order valence-electron chi connectivity index (χ0n) is 12.9. The quantitative estimate of drug-likeness (QED) is 0.798. The van der Waals surface area contributed by atoms with Crippen molar-refractivity contribution in [2.75, 3.05) is 21.3 Å². The maximum Gasteiger partial charge on any atom is 0.127 e. The molecule has 0 saturated heterocycles. The Hall–Kier alpha value is -1.52. The van der Waals surface area contributed by atoms with Gasteiger partial charge in [-0.25, -0.2) is 0 Å². The van der Waals surface area contributed by atoms with Crippen molar-refractivity contribution < 1.29 is 9.47 Å². The van der Waals surface area contributed by atoms with E-state index in [0.29, 0.717) is 0 Å². The van der Waals surface area contributed by atoms with Gasteiger partial charge in [0, 0.05) is 10.9 Å². The predicted octanol–water partition coefficient (Wildman–Crippen LogP) is 4.05. The summed E-state index contributed by atoms with van der Waals surface area (Å²) in [5, 5.41) is 5.52. The second kappa shape index (κ2) is 8.05. The highest BCUT2D eigenvalue weighted by Gasteiger charge is 2.19. The van der Waals surface area contributed by atoms with Crippen LogP contribution in [0.5, 0.6) is 11.5 Å². The number of benzene rings is 1. The summed E-state index contributed by atoms with van der Waals surface area (Å²) in [4.78, 5) is 1.44. The van der Waals surface area contributed by atoms with E-state index >= 15 is 0 Å². The molecule has 0 radical (unpaired) electrons. The van der Waals surface area contributed by atoms with E-state index in [2.05, 4.69) is 22.8 Å². The molecule has 1 aromatic carbocycles. The van der Waals surface area contributed by atoms with Gasteiger partial charge in [0.15, 0.2) is 0 Å². The largest absolute Gasteiger partial charge is 0.496 e. The topological polar surface area (TPSA) is 30.5 Å². The van der Waals surface area contributed by atoms with Crippen LogP contribution in [0.4, 0.5) is 0 Å². The van der Waals surface area contributed by atoms with Gasteiger partial charge in [0.25, 0.3) is 0 Å². The Morgan fingerprint density at radius 2 is 1.81 bits per heavy atom. The molecule has 1 aromatic heterocycles. The minimum Gasteiger partial charge on any atom is -0.496 e. The Morgan fingerprint density at radius 3 is 2.33 bits per heavy atom. The molecule has 1 unspecified atom stereocenters. The number of methoxy groups -OCH3 is 2. The Morgan fingerprint density at radius 1 is 1.10 bits per heavy atom. The van der Waals surface area contributed by atoms with E-state index in [-0.39, 0.29) is 6.04 Å². The van der Waals surface area contributed by atoms with Crippen LogP contribution in [0.25, 0.3) is 0 Å². The zero-order chi connectivity index (χ0) is 15.1. The van der Waals surface area contributed by atoms with E-state index in [1.54, 1.807) is 14.2 Å². The second-order valence-corrected chi connectivity index (χ2v) is 5.92. The van der Waals surface area contributed by atoms with Gasteiger partial charge in [0.1, 0.15) is 11.5 Å². The summed E-state index contributed by atoms with van der Waals surface area (Å²) < 4.78 is 11.0. The van der Waals surface area contributed by atoms with Crippen molar-refractivity contribution in [3.8, 4) is 11.5 Å². The molecule has 3 nitrogen and oxygen atoms in total. The fourth-order valence-corrected chi connectivity index (χ4v) is 3.34. The molecule has 0 aliphatic carbocycles. The van der Waals surface area contributed by atoms with Gasteiger partial charge < -0.3 is 14.8 Å².